The molecule has 0 saturated carbocycles. The molecule has 0 radical (unpaired) electrons. The van der Waals surface area contributed by atoms with Gasteiger partial charge in [0, 0.05) is 0 Å². The van der Waals surface area contributed by atoms with E-state index in [1.165, 1.54) is 18.0 Å². The van der Waals surface area contributed by atoms with Crippen molar-refractivity contribution >= 4 is 25.8 Å². The highest BCUT2D eigenvalue weighted by molar-refractivity contribution is 7.17. The summed E-state index contributed by atoms with van der Waals surface area (Å²) in [5.74, 6) is 0.150. The lowest BCUT2D eigenvalue weighted by molar-refractivity contribution is -0.0407. The summed E-state index contributed by atoms with van der Waals surface area (Å²) in [6.45, 7) is 1.40. The molecule has 2 aromatic rings. The maximum absolute atomic E-state index is 10.5. The van der Waals surface area contributed by atoms with Crippen LogP contribution in [0.1, 0.15) is 13.2 Å². The number of aromatic nitrogens is 4. The number of nitriles is 1. The van der Waals surface area contributed by atoms with Gasteiger partial charge in [0.2, 0.25) is 11.8 Å². The standard InChI is InChI=1S/C13H15N6O5P/c1-13(4-14)8(20)6(3-23-25-21)24-11(13)19-5-16-7-9(19)17-12(15)18-10(7)22-2/h5-6,8,11,20H,3H2,1-2H3,(H2,15,17,18). The van der Waals surface area contributed by atoms with Crippen LogP contribution in [0.15, 0.2) is 6.33 Å². The van der Waals surface area contributed by atoms with Crippen molar-refractivity contribution in [3.63, 3.8) is 0 Å². The summed E-state index contributed by atoms with van der Waals surface area (Å²) in [4.78, 5) is 12.3. The number of rotatable bonds is 5. The van der Waals surface area contributed by atoms with Crippen molar-refractivity contribution < 1.29 is 23.7 Å². The maximum Gasteiger partial charge on any atom is 0.327 e. The second kappa shape index (κ2) is 6.50. The van der Waals surface area contributed by atoms with Gasteiger partial charge in [-0.05, 0) is 6.92 Å². The average molecular weight is 366 g/mol. The molecule has 11 nitrogen and oxygen atoms in total. The van der Waals surface area contributed by atoms with Crippen molar-refractivity contribution in [1.82, 2.24) is 19.5 Å². The summed E-state index contributed by atoms with van der Waals surface area (Å²) in [6, 6.07) is 2.08. The molecule has 0 aromatic carbocycles. The Balaban J connectivity index is 2.09. The van der Waals surface area contributed by atoms with Crippen LogP contribution in [0, 0.1) is 16.7 Å². The summed E-state index contributed by atoms with van der Waals surface area (Å²) in [7, 11) is 0.879. The Hall–Kier alpha value is -2.38. The Morgan fingerprint density at radius 3 is 3.00 bits per heavy atom. The third-order valence-electron chi connectivity index (χ3n) is 4.17. The molecular weight excluding hydrogens is 351 g/mol. The monoisotopic (exact) mass is 366 g/mol. The third-order valence-corrected chi connectivity index (χ3v) is 4.42. The maximum atomic E-state index is 10.5. The van der Waals surface area contributed by atoms with Crippen molar-refractivity contribution in [2.24, 2.45) is 5.41 Å². The van der Waals surface area contributed by atoms with Crippen LogP contribution in [0.3, 0.4) is 0 Å². The first kappa shape index (κ1) is 17.4. The van der Waals surface area contributed by atoms with Gasteiger partial charge in [-0.25, -0.2) is 9.55 Å². The van der Waals surface area contributed by atoms with Crippen LogP contribution >= 0.6 is 8.69 Å². The Morgan fingerprint density at radius 2 is 2.36 bits per heavy atom. The second-order valence-corrected chi connectivity index (χ2v) is 6.06. The molecule has 1 fully saturated rings. The Kier molecular flexibility index (Phi) is 4.53. The van der Waals surface area contributed by atoms with Crippen LogP contribution < -0.4 is 10.5 Å². The van der Waals surface area contributed by atoms with Gasteiger partial charge in [0.1, 0.15) is 17.6 Å². The number of nitrogen functional groups attached to an aromatic ring is 1. The van der Waals surface area contributed by atoms with E-state index in [4.69, 9.17) is 19.7 Å². The number of hydrogen-bond acceptors (Lipinski definition) is 10. The van der Waals surface area contributed by atoms with Crippen molar-refractivity contribution in [3.8, 4) is 11.9 Å². The minimum Gasteiger partial charge on any atom is -0.479 e. The summed E-state index contributed by atoms with van der Waals surface area (Å²) < 4.78 is 27.7. The van der Waals surface area contributed by atoms with Gasteiger partial charge in [-0.2, -0.15) is 15.2 Å². The van der Waals surface area contributed by atoms with Crippen molar-refractivity contribution in [3.05, 3.63) is 6.33 Å². The van der Waals surface area contributed by atoms with Crippen LogP contribution in [0.25, 0.3) is 11.2 Å². The number of methoxy groups -OCH3 is 1. The first-order chi connectivity index (χ1) is 12.0. The van der Waals surface area contributed by atoms with E-state index in [2.05, 4.69) is 21.0 Å². The number of anilines is 1. The van der Waals surface area contributed by atoms with E-state index in [-0.39, 0.29) is 18.4 Å². The van der Waals surface area contributed by atoms with Crippen LogP contribution in [0.4, 0.5) is 5.95 Å². The van der Waals surface area contributed by atoms with Crippen molar-refractivity contribution in [1.29, 1.82) is 5.26 Å². The fourth-order valence-corrected chi connectivity index (χ4v) is 3.05. The zero-order valence-electron chi connectivity index (χ0n) is 13.4. The Morgan fingerprint density at radius 1 is 1.60 bits per heavy atom. The minimum absolute atomic E-state index is 0.0339. The number of imidazole rings is 1. The van der Waals surface area contributed by atoms with E-state index in [0.29, 0.717) is 11.2 Å². The quantitative estimate of drug-likeness (QED) is 0.710. The highest BCUT2D eigenvalue weighted by Gasteiger charge is 2.55. The Labute approximate surface area is 143 Å². The van der Waals surface area contributed by atoms with Gasteiger partial charge in [0.25, 0.3) is 0 Å². The van der Waals surface area contributed by atoms with Gasteiger partial charge >= 0.3 is 8.69 Å². The average Bonchev–Trinajstić information content (AvgIpc) is 3.13. The van der Waals surface area contributed by atoms with Gasteiger partial charge in [0.05, 0.1) is 26.1 Å². The molecule has 1 aliphatic heterocycles. The second-order valence-electron chi connectivity index (χ2n) is 5.65. The number of nitrogens with zero attached hydrogens (tertiary/aromatic N) is 5. The van der Waals surface area contributed by atoms with E-state index in [1.807, 2.05) is 0 Å². The lowest BCUT2D eigenvalue weighted by Gasteiger charge is -2.25. The van der Waals surface area contributed by atoms with E-state index in [9.17, 15) is 14.9 Å². The predicted molar refractivity (Wildman–Crippen MR) is 83.5 cm³/mol. The highest BCUT2D eigenvalue weighted by atomic mass is 31.1. The van der Waals surface area contributed by atoms with Crippen LogP contribution in [0.5, 0.6) is 5.88 Å². The number of aliphatic hydroxyl groups excluding tert-OH is 1. The van der Waals surface area contributed by atoms with Crippen LogP contribution in [-0.4, -0.2) is 50.6 Å². The number of nitrogens with two attached hydrogens (primary N) is 1. The van der Waals surface area contributed by atoms with E-state index in [1.54, 1.807) is 6.92 Å². The number of aliphatic hydroxyl groups is 1. The fourth-order valence-electron chi connectivity index (χ4n) is 2.84. The molecule has 4 atom stereocenters. The number of fused-ring (bicyclic) bond motifs is 1. The molecule has 3 rings (SSSR count). The highest BCUT2D eigenvalue weighted by Crippen LogP contribution is 2.46. The molecular formula is C13H15N6O5P. The molecule has 0 aliphatic carbocycles. The van der Waals surface area contributed by atoms with E-state index in [0.717, 1.165) is 0 Å². The van der Waals surface area contributed by atoms with Gasteiger partial charge in [0.15, 0.2) is 17.4 Å². The van der Waals surface area contributed by atoms with Crippen molar-refractivity contribution in [2.75, 3.05) is 19.5 Å². The molecule has 3 N–H and O–H groups in total. The molecule has 132 valence electrons. The lowest BCUT2D eigenvalue weighted by atomic mass is 9.84. The molecule has 12 heteroatoms. The van der Waals surface area contributed by atoms with Gasteiger partial charge in [-0.15, -0.1) is 0 Å². The smallest absolute Gasteiger partial charge is 0.327 e. The molecule has 0 spiro atoms. The molecule has 4 unspecified atom stereocenters. The van der Waals surface area contributed by atoms with Crippen molar-refractivity contribution in [2.45, 2.75) is 25.4 Å². The molecule has 2 aromatic heterocycles. The normalized spacial score (nSPS) is 29.1. The largest absolute Gasteiger partial charge is 0.479 e. The molecule has 3 heterocycles. The summed E-state index contributed by atoms with van der Waals surface area (Å²) >= 11 is 0. The minimum atomic E-state index is -1.33. The first-order valence-corrected chi connectivity index (χ1v) is 7.92. The van der Waals surface area contributed by atoms with Gasteiger partial charge < -0.3 is 20.3 Å². The van der Waals surface area contributed by atoms with Gasteiger partial charge in [-0.1, -0.05) is 0 Å². The SMILES string of the molecule is COc1nc(N)nc2c1ncn2C1OC(COP=O)C(O)C1(C)C#N. The molecule has 1 saturated heterocycles. The first-order valence-electron chi connectivity index (χ1n) is 7.19. The number of hydrogen-bond donors (Lipinski definition) is 2. The van der Waals surface area contributed by atoms with E-state index >= 15 is 0 Å². The van der Waals surface area contributed by atoms with Crippen LogP contribution in [-0.2, 0) is 13.8 Å². The fraction of sp³-hybridized carbons (Fsp3) is 0.538. The summed E-state index contributed by atoms with van der Waals surface area (Å²) in [5.41, 5.74) is 5.01. The lowest BCUT2D eigenvalue weighted by Crippen LogP contribution is -2.37. The third kappa shape index (κ3) is 2.69. The summed E-state index contributed by atoms with van der Waals surface area (Å²) in [5, 5.41) is 20.1. The zero-order valence-corrected chi connectivity index (χ0v) is 14.3. The van der Waals surface area contributed by atoms with E-state index < -0.39 is 32.5 Å². The zero-order chi connectivity index (χ0) is 18.2. The summed E-state index contributed by atoms with van der Waals surface area (Å²) in [6.07, 6.45) is -1.55. The molecule has 25 heavy (non-hydrogen) atoms. The van der Waals surface area contributed by atoms with Crippen LogP contribution in [0.2, 0.25) is 0 Å². The number of ether oxygens (including phenoxy) is 2. The molecule has 0 amide bonds. The Bertz CT molecular complexity index is 853. The predicted octanol–water partition coefficient (Wildman–Crippen LogP) is 0.429. The topological polar surface area (TPSA) is 158 Å². The molecule has 1 aliphatic rings. The molecule has 0 bridgehead atoms. The van der Waals surface area contributed by atoms with Gasteiger partial charge in [-0.3, -0.25) is 9.09 Å².